The van der Waals surface area contributed by atoms with Gasteiger partial charge in [-0.05, 0) is 49.8 Å². The van der Waals surface area contributed by atoms with Crippen LogP contribution in [-0.4, -0.2) is 58.4 Å². The second-order valence-corrected chi connectivity index (χ2v) is 9.37. The van der Waals surface area contributed by atoms with E-state index < -0.39 is 0 Å². The minimum absolute atomic E-state index is 0.661. The average molecular weight is 446 g/mol. The number of hydrogen-bond donors (Lipinski definition) is 2. The van der Waals surface area contributed by atoms with Gasteiger partial charge in [-0.15, -0.1) is 0 Å². The predicted octanol–water partition coefficient (Wildman–Crippen LogP) is 3.64. The van der Waals surface area contributed by atoms with E-state index in [9.17, 15) is 0 Å². The number of aryl methyl sites for hydroxylation is 1. The highest BCUT2D eigenvalue weighted by Gasteiger charge is 2.27. The van der Waals surface area contributed by atoms with Gasteiger partial charge in [-0.3, -0.25) is 10.00 Å². The summed E-state index contributed by atoms with van der Waals surface area (Å²) in [4.78, 5) is 14.8. The van der Waals surface area contributed by atoms with Crippen molar-refractivity contribution >= 4 is 17.6 Å². The molecule has 2 aromatic heterocycles. The summed E-state index contributed by atoms with van der Waals surface area (Å²) < 4.78 is 5.27. The zero-order chi connectivity index (χ0) is 22.2. The van der Waals surface area contributed by atoms with Crippen LogP contribution in [0.5, 0.6) is 5.75 Å². The third-order valence-corrected chi connectivity index (χ3v) is 7.00. The van der Waals surface area contributed by atoms with Gasteiger partial charge >= 0.3 is 0 Å². The van der Waals surface area contributed by atoms with Gasteiger partial charge in [-0.25, -0.2) is 4.98 Å². The van der Waals surface area contributed by atoms with Crippen molar-refractivity contribution in [3.05, 3.63) is 52.8 Å². The van der Waals surface area contributed by atoms with E-state index in [0.29, 0.717) is 5.92 Å². The first-order chi connectivity index (χ1) is 16.2. The Balaban J connectivity index is 1.14. The van der Waals surface area contributed by atoms with Crippen molar-refractivity contribution < 1.29 is 4.74 Å². The number of ether oxygens (including phenoxy) is 1. The van der Waals surface area contributed by atoms with Gasteiger partial charge in [0.05, 0.1) is 12.8 Å². The number of methoxy groups -OCH3 is 1. The number of H-pyrrole nitrogens is 1. The van der Waals surface area contributed by atoms with Gasteiger partial charge < -0.3 is 15.0 Å². The summed E-state index contributed by atoms with van der Waals surface area (Å²) in [5.74, 6) is 4.21. The van der Waals surface area contributed by atoms with E-state index in [-0.39, 0.29) is 0 Å². The van der Waals surface area contributed by atoms with Crippen LogP contribution in [0.15, 0.2) is 30.3 Å². The van der Waals surface area contributed by atoms with Gasteiger partial charge in [0.2, 0.25) is 5.95 Å². The second kappa shape index (κ2) is 8.67. The van der Waals surface area contributed by atoms with Crippen molar-refractivity contribution in [2.75, 3.05) is 43.5 Å². The van der Waals surface area contributed by atoms with E-state index >= 15 is 0 Å². The van der Waals surface area contributed by atoms with E-state index in [4.69, 9.17) is 14.7 Å². The van der Waals surface area contributed by atoms with Crippen molar-refractivity contribution in [3.8, 4) is 5.75 Å². The van der Waals surface area contributed by atoms with Crippen LogP contribution in [0.2, 0.25) is 0 Å². The lowest BCUT2D eigenvalue weighted by atomic mass is 10.2. The SMILES string of the molecule is COc1ccc(CN2CCN(c3nc4c(c(Nc5cc(C6CC6)[nH]n5)n3)CCC4)CC2)cc1. The molecule has 2 aliphatic carbocycles. The molecule has 2 N–H and O–H groups in total. The molecule has 8 nitrogen and oxygen atoms in total. The molecule has 0 spiro atoms. The summed E-state index contributed by atoms with van der Waals surface area (Å²) in [6.07, 6.45) is 5.74. The number of fused-ring (bicyclic) bond motifs is 1. The van der Waals surface area contributed by atoms with E-state index in [0.717, 1.165) is 75.3 Å². The molecule has 1 saturated heterocycles. The predicted molar refractivity (Wildman–Crippen MR) is 128 cm³/mol. The second-order valence-electron chi connectivity index (χ2n) is 9.37. The fraction of sp³-hybridized carbons (Fsp3) is 0.480. The monoisotopic (exact) mass is 445 g/mol. The van der Waals surface area contributed by atoms with Gasteiger partial charge in [-0.2, -0.15) is 10.1 Å². The maximum atomic E-state index is 5.27. The molecule has 3 aliphatic rings. The number of nitrogens with one attached hydrogen (secondary N) is 2. The van der Waals surface area contributed by atoms with Crippen LogP contribution in [0, 0.1) is 0 Å². The number of anilines is 3. The molecule has 0 atom stereocenters. The average Bonchev–Trinajstić information content (AvgIpc) is 3.40. The number of nitrogens with zero attached hydrogens (tertiary/aromatic N) is 5. The molecule has 172 valence electrons. The topological polar surface area (TPSA) is 82.2 Å². The van der Waals surface area contributed by atoms with Gasteiger partial charge in [-0.1, -0.05) is 12.1 Å². The smallest absolute Gasteiger partial charge is 0.227 e. The van der Waals surface area contributed by atoms with Crippen molar-refractivity contribution in [1.82, 2.24) is 25.1 Å². The van der Waals surface area contributed by atoms with E-state index in [1.54, 1.807) is 7.11 Å². The van der Waals surface area contributed by atoms with Crippen molar-refractivity contribution in [2.24, 2.45) is 0 Å². The molecule has 8 heteroatoms. The minimum Gasteiger partial charge on any atom is -0.497 e. The van der Waals surface area contributed by atoms with Gasteiger partial charge in [0.25, 0.3) is 0 Å². The third kappa shape index (κ3) is 4.39. The normalized spacial score (nSPS) is 18.4. The molecule has 1 saturated carbocycles. The highest BCUT2D eigenvalue weighted by molar-refractivity contribution is 5.61. The van der Waals surface area contributed by atoms with Crippen LogP contribution in [0.25, 0.3) is 0 Å². The molecule has 0 amide bonds. The van der Waals surface area contributed by atoms with Crippen LogP contribution >= 0.6 is 0 Å². The maximum absolute atomic E-state index is 5.27. The fourth-order valence-corrected chi connectivity index (χ4v) is 4.88. The first kappa shape index (κ1) is 20.5. The summed E-state index contributed by atoms with van der Waals surface area (Å²) in [5.41, 5.74) is 5.00. The number of benzene rings is 1. The Morgan fingerprint density at radius 1 is 1.06 bits per heavy atom. The van der Waals surface area contributed by atoms with Crippen LogP contribution in [0.3, 0.4) is 0 Å². The molecule has 6 rings (SSSR count). The van der Waals surface area contributed by atoms with Crippen molar-refractivity contribution in [2.45, 2.75) is 44.6 Å². The zero-order valence-corrected chi connectivity index (χ0v) is 19.2. The Morgan fingerprint density at radius 3 is 2.64 bits per heavy atom. The highest BCUT2D eigenvalue weighted by Crippen LogP contribution is 2.40. The minimum atomic E-state index is 0.661. The third-order valence-electron chi connectivity index (χ3n) is 7.00. The number of aromatic nitrogens is 4. The number of hydrogen-bond acceptors (Lipinski definition) is 7. The molecule has 1 aromatic carbocycles. The molecule has 0 unspecified atom stereocenters. The molecular weight excluding hydrogens is 414 g/mol. The largest absolute Gasteiger partial charge is 0.497 e. The molecular formula is C25H31N7O. The van der Waals surface area contributed by atoms with Gasteiger partial charge in [0.15, 0.2) is 5.82 Å². The Hall–Kier alpha value is -3.13. The Morgan fingerprint density at radius 2 is 1.88 bits per heavy atom. The molecule has 3 aromatic rings. The summed E-state index contributed by atoms with van der Waals surface area (Å²) in [6.45, 7) is 4.82. The quantitative estimate of drug-likeness (QED) is 0.575. The number of rotatable bonds is 7. The Labute approximate surface area is 194 Å². The summed E-state index contributed by atoms with van der Waals surface area (Å²) >= 11 is 0. The lowest BCUT2D eigenvalue weighted by Crippen LogP contribution is -2.46. The van der Waals surface area contributed by atoms with Crippen LogP contribution in [0.1, 0.15) is 47.7 Å². The van der Waals surface area contributed by atoms with Gasteiger partial charge in [0.1, 0.15) is 11.6 Å². The van der Waals surface area contributed by atoms with E-state index in [1.807, 2.05) is 12.1 Å². The van der Waals surface area contributed by atoms with E-state index in [2.05, 4.69) is 43.5 Å². The lowest BCUT2D eigenvalue weighted by molar-refractivity contribution is 0.248. The number of piperazine rings is 1. The van der Waals surface area contributed by atoms with Crippen molar-refractivity contribution in [1.29, 1.82) is 0 Å². The molecule has 0 bridgehead atoms. The van der Waals surface area contributed by atoms with Crippen LogP contribution in [-0.2, 0) is 19.4 Å². The maximum Gasteiger partial charge on any atom is 0.227 e. The van der Waals surface area contributed by atoms with E-state index in [1.165, 1.54) is 35.4 Å². The summed E-state index contributed by atoms with van der Waals surface area (Å²) in [7, 11) is 1.70. The Kier molecular flexibility index (Phi) is 5.38. The first-order valence-corrected chi connectivity index (χ1v) is 12.1. The zero-order valence-electron chi connectivity index (χ0n) is 19.2. The molecule has 0 radical (unpaired) electrons. The molecule has 1 aliphatic heterocycles. The Bertz CT molecular complexity index is 1110. The first-order valence-electron chi connectivity index (χ1n) is 12.1. The highest BCUT2D eigenvalue weighted by atomic mass is 16.5. The summed E-state index contributed by atoms with van der Waals surface area (Å²) in [5, 5.41) is 11.2. The van der Waals surface area contributed by atoms with Crippen LogP contribution < -0.4 is 15.0 Å². The van der Waals surface area contributed by atoms with Gasteiger partial charge in [0, 0.05) is 56.0 Å². The molecule has 2 fully saturated rings. The molecule has 33 heavy (non-hydrogen) atoms. The summed E-state index contributed by atoms with van der Waals surface area (Å²) in [6, 6.07) is 10.5. The number of aromatic amines is 1. The lowest BCUT2D eigenvalue weighted by Gasteiger charge is -2.35. The standard InChI is InChI=1S/C25H31N7O/c1-33-19-9-5-17(6-10-19)16-31-11-13-32(14-12-31)25-26-21-4-2-3-20(21)24(28-25)27-23-15-22(29-30-23)18-7-8-18/h5-6,9-10,15,18H,2-4,7-8,11-14,16H2,1H3,(H2,26,27,28,29,30). The van der Waals surface area contributed by atoms with Crippen molar-refractivity contribution in [3.63, 3.8) is 0 Å². The fourth-order valence-electron chi connectivity index (χ4n) is 4.88. The van der Waals surface area contributed by atoms with Crippen LogP contribution in [0.4, 0.5) is 17.6 Å². The molecule has 3 heterocycles.